The number of hydrogen-bond donors (Lipinski definition) is 1. The van der Waals surface area contributed by atoms with Gasteiger partial charge in [-0.25, -0.2) is 4.98 Å². The van der Waals surface area contributed by atoms with Crippen molar-refractivity contribution in [1.29, 1.82) is 0 Å². The van der Waals surface area contributed by atoms with Crippen LogP contribution in [0.2, 0.25) is 5.22 Å². The molecule has 1 unspecified atom stereocenters. The van der Waals surface area contributed by atoms with E-state index in [4.69, 9.17) is 16.0 Å². The summed E-state index contributed by atoms with van der Waals surface area (Å²) in [5, 5.41) is 7.58. The summed E-state index contributed by atoms with van der Waals surface area (Å²) >= 11 is 5.75. The van der Waals surface area contributed by atoms with Crippen molar-refractivity contribution < 1.29 is 4.42 Å². The first-order valence-electron chi connectivity index (χ1n) is 4.96. The molecule has 0 amide bonds. The van der Waals surface area contributed by atoms with E-state index < -0.39 is 0 Å². The van der Waals surface area contributed by atoms with Gasteiger partial charge in [0.15, 0.2) is 5.22 Å². The van der Waals surface area contributed by atoms with Gasteiger partial charge >= 0.3 is 0 Å². The van der Waals surface area contributed by atoms with Crippen molar-refractivity contribution in [2.45, 2.75) is 12.5 Å². The number of aromatic nitrogens is 3. The summed E-state index contributed by atoms with van der Waals surface area (Å²) in [6.07, 6.45) is 2.24. The summed E-state index contributed by atoms with van der Waals surface area (Å²) in [5.41, 5.74) is 0. The van der Waals surface area contributed by atoms with Gasteiger partial charge in [-0.15, -0.1) is 0 Å². The number of hydrogen-bond acceptors (Lipinski definition) is 4. The van der Waals surface area contributed by atoms with Gasteiger partial charge in [0.05, 0.1) is 6.04 Å². The number of halogens is 1. The summed E-state index contributed by atoms with van der Waals surface area (Å²) in [5.74, 6) is 1.70. The zero-order chi connectivity index (χ0) is 11.5. The van der Waals surface area contributed by atoms with E-state index in [1.807, 2.05) is 20.2 Å². The van der Waals surface area contributed by atoms with Gasteiger partial charge in [-0.3, -0.25) is 4.68 Å². The Hall–Kier alpha value is -1.33. The summed E-state index contributed by atoms with van der Waals surface area (Å²) in [6.45, 7) is 0. The van der Waals surface area contributed by atoms with Crippen LogP contribution < -0.4 is 5.32 Å². The average Bonchev–Trinajstić information content (AvgIpc) is 2.85. The van der Waals surface area contributed by atoms with Crippen molar-refractivity contribution >= 4 is 11.6 Å². The second kappa shape index (κ2) is 4.67. The van der Waals surface area contributed by atoms with Crippen molar-refractivity contribution in [1.82, 2.24) is 20.1 Å². The maximum absolute atomic E-state index is 5.75. The lowest BCUT2D eigenvalue weighted by molar-refractivity contribution is 0.422. The van der Waals surface area contributed by atoms with Crippen LogP contribution in [0.4, 0.5) is 0 Å². The van der Waals surface area contributed by atoms with Gasteiger partial charge in [0.2, 0.25) is 0 Å². The summed E-state index contributed by atoms with van der Waals surface area (Å²) in [7, 11) is 3.74. The molecule has 86 valence electrons. The highest BCUT2D eigenvalue weighted by molar-refractivity contribution is 6.28. The fourth-order valence-electron chi connectivity index (χ4n) is 1.55. The minimum absolute atomic E-state index is 0.0513. The van der Waals surface area contributed by atoms with E-state index in [-0.39, 0.29) is 6.04 Å². The number of nitrogens with one attached hydrogen (secondary N) is 1. The van der Waals surface area contributed by atoms with Crippen molar-refractivity contribution in [2.75, 3.05) is 7.05 Å². The third-order valence-corrected chi connectivity index (χ3v) is 2.68. The lowest BCUT2D eigenvalue weighted by atomic mass is 10.1. The molecule has 5 nitrogen and oxygen atoms in total. The number of likely N-dealkylation sites (N-methyl/N-ethyl adjacent to an activating group) is 1. The molecular formula is C10H13ClN4O. The molecule has 0 aliphatic rings. The molecule has 2 heterocycles. The van der Waals surface area contributed by atoms with Crippen LogP contribution in [0.3, 0.4) is 0 Å². The third-order valence-electron chi connectivity index (χ3n) is 2.48. The first-order chi connectivity index (χ1) is 7.70. The standard InChI is InChI=1S/C10H13ClN4O/c1-12-7(8-3-4-9(11)16-8)5-10-13-6-14-15(10)2/h3-4,6-7,12H,5H2,1-2H3. The monoisotopic (exact) mass is 240 g/mol. The van der Waals surface area contributed by atoms with Gasteiger partial charge in [-0.2, -0.15) is 5.10 Å². The summed E-state index contributed by atoms with van der Waals surface area (Å²) in [4.78, 5) is 4.17. The molecule has 0 aliphatic heterocycles. The van der Waals surface area contributed by atoms with Crippen molar-refractivity contribution in [3.8, 4) is 0 Å². The molecular weight excluding hydrogens is 228 g/mol. The smallest absolute Gasteiger partial charge is 0.193 e. The lowest BCUT2D eigenvalue weighted by Crippen LogP contribution is -2.20. The zero-order valence-electron chi connectivity index (χ0n) is 9.14. The fraction of sp³-hybridized carbons (Fsp3) is 0.400. The number of furan rings is 1. The molecule has 0 fully saturated rings. The Morgan fingerprint density at radius 2 is 2.38 bits per heavy atom. The van der Waals surface area contributed by atoms with Crippen LogP contribution in [-0.2, 0) is 13.5 Å². The van der Waals surface area contributed by atoms with E-state index in [9.17, 15) is 0 Å². The number of aryl methyl sites for hydroxylation is 1. The van der Waals surface area contributed by atoms with E-state index in [1.165, 1.54) is 6.33 Å². The SMILES string of the molecule is CNC(Cc1ncnn1C)c1ccc(Cl)o1. The second-order valence-electron chi connectivity index (χ2n) is 3.49. The highest BCUT2D eigenvalue weighted by Crippen LogP contribution is 2.22. The molecule has 2 aromatic heterocycles. The van der Waals surface area contributed by atoms with Gasteiger partial charge in [0.1, 0.15) is 17.9 Å². The molecule has 0 saturated carbocycles. The molecule has 0 spiro atoms. The Bertz CT molecular complexity index is 465. The molecule has 1 N–H and O–H groups in total. The third kappa shape index (κ3) is 2.25. The Labute approximate surface area is 98.4 Å². The first-order valence-corrected chi connectivity index (χ1v) is 5.34. The summed E-state index contributed by atoms with van der Waals surface area (Å²) in [6, 6.07) is 3.65. The van der Waals surface area contributed by atoms with Crippen LogP contribution >= 0.6 is 11.6 Å². The van der Waals surface area contributed by atoms with E-state index in [2.05, 4.69) is 15.4 Å². The summed E-state index contributed by atoms with van der Waals surface area (Å²) < 4.78 is 7.12. The maximum atomic E-state index is 5.75. The molecule has 0 radical (unpaired) electrons. The molecule has 1 atom stereocenters. The normalized spacial score (nSPS) is 12.9. The lowest BCUT2D eigenvalue weighted by Gasteiger charge is -2.12. The van der Waals surface area contributed by atoms with E-state index >= 15 is 0 Å². The van der Waals surface area contributed by atoms with E-state index in [1.54, 1.807) is 10.7 Å². The van der Waals surface area contributed by atoms with Gasteiger partial charge in [-0.05, 0) is 30.8 Å². The van der Waals surface area contributed by atoms with Crippen LogP contribution in [0.25, 0.3) is 0 Å². The van der Waals surface area contributed by atoms with Gasteiger partial charge < -0.3 is 9.73 Å². The minimum Gasteiger partial charge on any atom is -0.448 e. The molecule has 0 aromatic carbocycles. The Morgan fingerprint density at radius 3 is 2.88 bits per heavy atom. The van der Waals surface area contributed by atoms with Gasteiger partial charge in [0, 0.05) is 13.5 Å². The predicted molar refractivity (Wildman–Crippen MR) is 60.2 cm³/mol. The molecule has 2 aromatic rings. The number of rotatable bonds is 4. The quantitative estimate of drug-likeness (QED) is 0.881. The molecule has 0 aliphatic carbocycles. The molecule has 2 rings (SSSR count). The average molecular weight is 241 g/mol. The Morgan fingerprint density at radius 1 is 1.56 bits per heavy atom. The minimum atomic E-state index is 0.0513. The maximum Gasteiger partial charge on any atom is 0.193 e. The highest BCUT2D eigenvalue weighted by Gasteiger charge is 2.16. The van der Waals surface area contributed by atoms with Crippen LogP contribution in [0.1, 0.15) is 17.6 Å². The van der Waals surface area contributed by atoms with Crippen LogP contribution in [0.5, 0.6) is 0 Å². The van der Waals surface area contributed by atoms with Gasteiger partial charge in [-0.1, -0.05) is 0 Å². The van der Waals surface area contributed by atoms with Crippen molar-refractivity contribution in [3.05, 3.63) is 35.3 Å². The van der Waals surface area contributed by atoms with E-state index in [0.29, 0.717) is 11.6 Å². The Balaban J connectivity index is 2.15. The molecule has 16 heavy (non-hydrogen) atoms. The van der Waals surface area contributed by atoms with Gasteiger partial charge in [0.25, 0.3) is 0 Å². The second-order valence-corrected chi connectivity index (χ2v) is 3.86. The van der Waals surface area contributed by atoms with Crippen molar-refractivity contribution in [3.63, 3.8) is 0 Å². The molecule has 0 saturated heterocycles. The Kier molecular flexibility index (Phi) is 3.26. The molecule has 0 bridgehead atoms. The predicted octanol–water partition coefficient (Wildman–Crippen LogP) is 1.56. The first kappa shape index (κ1) is 11.2. The van der Waals surface area contributed by atoms with E-state index in [0.717, 1.165) is 11.6 Å². The zero-order valence-corrected chi connectivity index (χ0v) is 9.90. The molecule has 6 heteroatoms. The largest absolute Gasteiger partial charge is 0.448 e. The fourth-order valence-corrected chi connectivity index (χ4v) is 1.70. The van der Waals surface area contributed by atoms with Crippen LogP contribution in [0.15, 0.2) is 22.9 Å². The highest BCUT2D eigenvalue weighted by atomic mass is 35.5. The van der Waals surface area contributed by atoms with Crippen LogP contribution in [-0.4, -0.2) is 21.8 Å². The number of nitrogens with zero attached hydrogens (tertiary/aromatic N) is 3. The topological polar surface area (TPSA) is 55.9 Å². The van der Waals surface area contributed by atoms with Crippen LogP contribution in [0, 0.1) is 0 Å². The van der Waals surface area contributed by atoms with Crippen molar-refractivity contribution in [2.24, 2.45) is 7.05 Å².